The monoisotopic (exact) mass is 296 g/mol. The van der Waals surface area contributed by atoms with E-state index in [0.717, 1.165) is 17.1 Å². The first kappa shape index (κ1) is 14.1. The maximum atomic E-state index is 11.8. The van der Waals surface area contributed by atoms with Crippen LogP contribution in [0.2, 0.25) is 0 Å². The third-order valence-electron chi connectivity index (χ3n) is 3.22. The van der Waals surface area contributed by atoms with E-state index in [1.807, 2.05) is 36.5 Å². The minimum Gasteiger partial charge on any atom is -0.469 e. The number of carbonyl (C=O) groups excluding carboxylic acids is 1. The lowest BCUT2D eigenvalue weighted by Gasteiger charge is -2.06. The lowest BCUT2D eigenvalue weighted by atomic mass is 10.2. The SMILES string of the molecule is O=C(CCc1ccco1)NCc1ccnc(-n2cccn2)c1. The molecule has 1 amide bonds. The predicted octanol–water partition coefficient (Wildman–Crippen LogP) is 2.11. The van der Waals surface area contributed by atoms with Crippen LogP contribution < -0.4 is 5.32 Å². The van der Waals surface area contributed by atoms with Gasteiger partial charge in [-0.05, 0) is 35.9 Å². The molecule has 0 spiro atoms. The van der Waals surface area contributed by atoms with Gasteiger partial charge in [0, 0.05) is 38.0 Å². The number of furan rings is 1. The molecule has 0 saturated carbocycles. The zero-order valence-electron chi connectivity index (χ0n) is 12.0. The van der Waals surface area contributed by atoms with Gasteiger partial charge < -0.3 is 9.73 Å². The van der Waals surface area contributed by atoms with Gasteiger partial charge in [0.15, 0.2) is 5.82 Å². The third kappa shape index (κ3) is 3.60. The Kier molecular flexibility index (Phi) is 4.29. The molecule has 0 bridgehead atoms. The molecule has 3 aromatic heterocycles. The van der Waals surface area contributed by atoms with E-state index in [9.17, 15) is 4.79 Å². The molecule has 0 fully saturated rings. The molecule has 0 aliphatic heterocycles. The summed E-state index contributed by atoms with van der Waals surface area (Å²) in [6.45, 7) is 0.466. The van der Waals surface area contributed by atoms with Gasteiger partial charge in [-0.3, -0.25) is 4.79 Å². The average Bonchev–Trinajstić information content (AvgIpc) is 3.24. The molecule has 0 unspecified atom stereocenters. The fourth-order valence-corrected chi connectivity index (χ4v) is 2.08. The Morgan fingerprint density at radius 2 is 2.23 bits per heavy atom. The van der Waals surface area contributed by atoms with Crippen molar-refractivity contribution >= 4 is 5.91 Å². The van der Waals surface area contributed by atoms with Crippen molar-refractivity contribution in [1.29, 1.82) is 0 Å². The van der Waals surface area contributed by atoms with Crippen LogP contribution in [0, 0.1) is 0 Å². The number of hydrogen-bond acceptors (Lipinski definition) is 4. The van der Waals surface area contributed by atoms with Gasteiger partial charge in [-0.25, -0.2) is 9.67 Å². The zero-order chi connectivity index (χ0) is 15.2. The van der Waals surface area contributed by atoms with Gasteiger partial charge >= 0.3 is 0 Å². The fourth-order valence-electron chi connectivity index (χ4n) is 2.08. The molecule has 112 valence electrons. The standard InChI is InChI=1S/C16H16N4O2/c21-16(5-4-14-3-1-10-22-14)18-12-13-6-8-17-15(11-13)20-9-2-7-19-20/h1-3,6-11H,4-5,12H2,(H,18,21). The van der Waals surface area contributed by atoms with Crippen molar-refractivity contribution in [3.05, 3.63) is 66.5 Å². The van der Waals surface area contributed by atoms with Gasteiger partial charge in [0.05, 0.1) is 6.26 Å². The number of carbonyl (C=O) groups is 1. The number of aryl methyl sites for hydroxylation is 1. The highest BCUT2D eigenvalue weighted by molar-refractivity contribution is 5.76. The van der Waals surface area contributed by atoms with Crippen molar-refractivity contribution in [3.8, 4) is 5.82 Å². The minimum atomic E-state index is -0.00569. The van der Waals surface area contributed by atoms with Crippen molar-refractivity contribution < 1.29 is 9.21 Å². The number of nitrogens with zero attached hydrogens (tertiary/aromatic N) is 3. The molecule has 3 aromatic rings. The van der Waals surface area contributed by atoms with Gasteiger partial charge in [-0.1, -0.05) is 0 Å². The molecule has 6 nitrogen and oxygen atoms in total. The number of hydrogen-bond donors (Lipinski definition) is 1. The summed E-state index contributed by atoms with van der Waals surface area (Å²) in [4.78, 5) is 16.1. The molecule has 0 radical (unpaired) electrons. The Bertz CT molecular complexity index is 720. The Hall–Kier alpha value is -2.89. The molecule has 3 rings (SSSR count). The third-order valence-corrected chi connectivity index (χ3v) is 3.22. The van der Waals surface area contributed by atoms with E-state index in [1.54, 1.807) is 23.3 Å². The number of aromatic nitrogens is 3. The van der Waals surface area contributed by atoms with E-state index >= 15 is 0 Å². The van der Waals surface area contributed by atoms with Crippen molar-refractivity contribution in [2.75, 3.05) is 0 Å². The van der Waals surface area contributed by atoms with E-state index in [4.69, 9.17) is 4.42 Å². The van der Waals surface area contributed by atoms with Gasteiger partial charge in [0.1, 0.15) is 5.76 Å². The number of amides is 1. The molecule has 22 heavy (non-hydrogen) atoms. The second kappa shape index (κ2) is 6.71. The van der Waals surface area contributed by atoms with Gasteiger partial charge in [0.2, 0.25) is 5.91 Å². The number of rotatable bonds is 6. The molecule has 0 atom stereocenters. The molecule has 0 aromatic carbocycles. The maximum absolute atomic E-state index is 11.8. The molecule has 3 heterocycles. The van der Waals surface area contributed by atoms with Gasteiger partial charge in [-0.2, -0.15) is 5.10 Å². The summed E-state index contributed by atoms with van der Waals surface area (Å²) in [5.74, 6) is 1.54. The molecule has 0 aliphatic rings. The summed E-state index contributed by atoms with van der Waals surface area (Å²) in [5, 5.41) is 7.03. The summed E-state index contributed by atoms with van der Waals surface area (Å²) >= 11 is 0. The van der Waals surface area contributed by atoms with E-state index in [1.165, 1.54) is 0 Å². The Morgan fingerprint density at radius 1 is 1.27 bits per heavy atom. The first-order valence-electron chi connectivity index (χ1n) is 7.05. The van der Waals surface area contributed by atoms with Gasteiger partial charge in [0.25, 0.3) is 0 Å². The number of pyridine rings is 1. The van der Waals surface area contributed by atoms with Crippen molar-refractivity contribution in [2.24, 2.45) is 0 Å². The topological polar surface area (TPSA) is 73.0 Å². The maximum Gasteiger partial charge on any atom is 0.220 e. The van der Waals surface area contributed by atoms with Crippen LogP contribution in [-0.2, 0) is 17.8 Å². The first-order valence-corrected chi connectivity index (χ1v) is 7.05. The van der Waals surface area contributed by atoms with E-state index < -0.39 is 0 Å². The lowest BCUT2D eigenvalue weighted by Crippen LogP contribution is -2.23. The summed E-state index contributed by atoms with van der Waals surface area (Å²) in [7, 11) is 0. The molecule has 1 N–H and O–H groups in total. The summed E-state index contributed by atoms with van der Waals surface area (Å²) in [5.41, 5.74) is 0.979. The Morgan fingerprint density at radius 3 is 3.00 bits per heavy atom. The average molecular weight is 296 g/mol. The largest absolute Gasteiger partial charge is 0.469 e. The molecular formula is C16H16N4O2. The molecule has 0 aliphatic carbocycles. The first-order chi connectivity index (χ1) is 10.8. The lowest BCUT2D eigenvalue weighted by molar-refractivity contribution is -0.121. The van der Waals surface area contributed by atoms with Crippen LogP contribution in [0.3, 0.4) is 0 Å². The number of nitrogens with one attached hydrogen (secondary N) is 1. The fraction of sp³-hybridized carbons (Fsp3) is 0.188. The quantitative estimate of drug-likeness (QED) is 0.756. The molecular weight excluding hydrogens is 280 g/mol. The van der Waals surface area contributed by atoms with Crippen LogP contribution in [0.15, 0.2) is 59.6 Å². The van der Waals surface area contributed by atoms with Crippen LogP contribution in [0.5, 0.6) is 0 Å². The minimum absolute atomic E-state index is 0.00569. The van der Waals surface area contributed by atoms with Crippen molar-refractivity contribution in [2.45, 2.75) is 19.4 Å². The predicted molar refractivity (Wildman–Crippen MR) is 80.2 cm³/mol. The molecule has 0 saturated heterocycles. The summed E-state index contributed by atoms with van der Waals surface area (Å²) in [6, 6.07) is 9.30. The van der Waals surface area contributed by atoms with E-state index in [0.29, 0.717) is 19.4 Å². The van der Waals surface area contributed by atoms with Crippen LogP contribution in [-0.4, -0.2) is 20.7 Å². The van der Waals surface area contributed by atoms with E-state index in [2.05, 4.69) is 15.4 Å². The van der Waals surface area contributed by atoms with Crippen LogP contribution in [0.4, 0.5) is 0 Å². The molecule has 6 heteroatoms. The van der Waals surface area contributed by atoms with Crippen LogP contribution in [0.25, 0.3) is 5.82 Å². The second-order valence-electron chi connectivity index (χ2n) is 4.83. The van der Waals surface area contributed by atoms with Crippen molar-refractivity contribution in [3.63, 3.8) is 0 Å². The van der Waals surface area contributed by atoms with Crippen LogP contribution in [0.1, 0.15) is 17.7 Å². The smallest absolute Gasteiger partial charge is 0.220 e. The highest BCUT2D eigenvalue weighted by atomic mass is 16.3. The summed E-state index contributed by atoms with van der Waals surface area (Å²) in [6.07, 6.45) is 7.86. The zero-order valence-corrected chi connectivity index (χ0v) is 12.0. The van der Waals surface area contributed by atoms with E-state index in [-0.39, 0.29) is 5.91 Å². The Balaban J connectivity index is 1.53. The highest BCUT2D eigenvalue weighted by Gasteiger charge is 2.05. The normalized spacial score (nSPS) is 10.5. The van der Waals surface area contributed by atoms with Crippen molar-refractivity contribution in [1.82, 2.24) is 20.1 Å². The Labute approximate surface area is 127 Å². The highest BCUT2D eigenvalue weighted by Crippen LogP contribution is 2.07. The second-order valence-corrected chi connectivity index (χ2v) is 4.83. The van der Waals surface area contributed by atoms with Gasteiger partial charge in [-0.15, -0.1) is 0 Å². The summed E-state index contributed by atoms with van der Waals surface area (Å²) < 4.78 is 6.89. The van der Waals surface area contributed by atoms with Crippen LogP contribution >= 0.6 is 0 Å².